The molecule has 3 heteroatoms. The van der Waals surface area contributed by atoms with E-state index in [2.05, 4.69) is 35.6 Å². The van der Waals surface area contributed by atoms with E-state index in [4.69, 9.17) is 0 Å². The van der Waals surface area contributed by atoms with Crippen molar-refractivity contribution in [3.63, 3.8) is 0 Å². The van der Waals surface area contributed by atoms with Crippen molar-refractivity contribution in [2.45, 2.75) is 39.7 Å². The molecular weight excluding hydrogens is 186 g/mol. The average molecular weight is 209 g/mol. The highest BCUT2D eigenvalue weighted by Crippen LogP contribution is 2.18. The molecule has 1 heterocycles. The highest BCUT2D eigenvalue weighted by molar-refractivity contribution is 5.04. The number of imidazole rings is 1. The fourth-order valence-corrected chi connectivity index (χ4v) is 1.85. The molecule has 1 aromatic rings. The smallest absolute Gasteiger partial charge is 0.0948 e. The van der Waals surface area contributed by atoms with Gasteiger partial charge in [-0.2, -0.15) is 0 Å². The van der Waals surface area contributed by atoms with Crippen LogP contribution in [0.15, 0.2) is 12.5 Å². The summed E-state index contributed by atoms with van der Waals surface area (Å²) in [5.74, 6) is 1.25. The SMILES string of the molecule is CCC(C)c1cncn1CC(C)CNC. The average Bonchev–Trinajstić information content (AvgIpc) is 2.65. The summed E-state index contributed by atoms with van der Waals surface area (Å²) in [6.45, 7) is 8.85. The van der Waals surface area contributed by atoms with Crippen molar-refractivity contribution in [1.82, 2.24) is 14.9 Å². The highest BCUT2D eigenvalue weighted by Gasteiger charge is 2.10. The van der Waals surface area contributed by atoms with Gasteiger partial charge in [-0.3, -0.25) is 0 Å². The van der Waals surface area contributed by atoms with Crippen LogP contribution in [0.1, 0.15) is 38.8 Å². The molecule has 0 spiro atoms. The maximum atomic E-state index is 4.25. The van der Waals surface area contributed by atoms with Crippen LogP contribution in [0, 0.1) is 5.92 Å². The monoisotopic (exact) mass is 209 g/mol. The molecule has 3 nitrogen and oxygen atoms in total. The van der Waals surface area contributed by atoms with E-state index >= 15 is 0 Å². The summed E-state index contributed by atoms with van der Waals surface area (Å²) in [6, 6.07) is 0. The zero-order valence-corrected chi connectivity index (χ0v) is 10.3. The number of rotatable bonds is 6. The first-order valence-corrected chi connectivity index (χ1v) is 5.83. The standard InChI is InChI=1S/C12H23N3/c1-5-11(3)12-7-14-9-15(12)8-10(2)6-13-4/h7,9-11,13H,5-6,8H2,1-4H3. The lowest BCUT2D eigenvalue weighted by Crippen LogP contribution is -2.21. The van der Waals surface area contributed by atoms with Gasteiger partial charge in [0.25, 0.3) is 0 Å². The van der Waals surface area contributed by atoms with Crippen LogP contribution in [0.4, 0.5) is 0 Å². The Morgan fingerprint density at radius 1 is 1.47 bits per heavy atom. The Kier molecular flexibility index (Phi) is 4.82. The van der Waals surface area contributed by atoms with Crippen LogP contribution in [0.25, 0.3) is 0 Å². The number of hydrogen-bond donors (Lipinski definition) is 1. The van der Waals surface area contributed by atoms with Crippen LogP contribution in [0.5, 0.6) is 0 Å². The van der Waals surface area contributed by atoms with E-state index in [1.165, 1.54) is 12.1 Å². The van der Waals surface area contributed by atoms with Gasteiger partial charge in [0.15, 0.2) is 0 Å². The lowest BCUT2D eigenvalue weighted by atomic mass is 10.1. The maximum Gasteiger partial charge on any atom is 0.0948 e. The fourth-order valence-electron chi connectivity index (χ4n) is 1.85. The molecule has 2 atom stereocenters. The Hall–Kier alpha value is -0.830. The Bertz CT molecular complexity index is 280. The van der Waals surface area contributed by atoms with E-state index in [0.29, 0.717) is 11.8 Å². The summed E-state index contributed by atoms with van der Waals surface area (Å²) in [5.41, 5.74) is 1.36. The van der Waals surface area contributed by atoms with Crippen molar-refractivity contribution in [2.75, 3.05) is 13.6 Å². The van der Waals surface area contributed by atoms with Gasteiger partial charge in [0.1, 0.15) is 0 Å². The van der Waals surface area contributed by atoms with Crippen molar-refractivity contribution < 1.29 is 0 Å². The van der Waals surface area contributed by atoms with Gasteiger partial charge >= 0.3 is 0 Å². The van der Waals surface area contributed by atoms with Crippen LogP contribution >= 0.6 is 0 Å². The number of nitrogens with zero attached hydrogens (tertiary/aromatic N) is 2. The summed E-state index contributed by atoms with van der Waals surface area (Å²) in [5, 5.41) is 3.21. The number of hydrogen-bond acceptors (Lipinski definition) is 2. The molecule has 0 bridgehead atoms. The van der Waals surface area contributed by atoms with Gasteiger partial charge in [-0.05, 0) is 31.8 Å². The van der Waals surface area contributed by atoms with Crippen molar-refractivity contribution in [3.05, 3.63) is 18.2 Å². The Morgan fingerprint density at radius 2 is 2.20 bits per heavy atom. The molecule has 1 N–H and O–H groups in total. The molecule has 15 heavy (non-hydrogen) atoms. The van der Waals surface area contributed by atoms with Gasteiger partial charge in [-0.15, -0.1) is 0 Å². The fraction of sp³-hybridized carbons (Fsp3) is 0.750. The van der Waals surface area contributed by atoms with Crippen molar-refractivity contribution in [2.24, 2.45) is 5.92 Å². The van der Waals surface area contributed by atoms with Crippen LogP contribution < -0.4 is 5.32 Å². The summed E-state index contributed by atoms with van der Waals surface area (Å²) in [6.07, 6.45) is 5.13. The van der Waals surface area contributed by atoms with E-state index in [-0.39, 0.29) is 0 Å². The predicted molar refractivity (Wildman–Crippen MR) is 64.0 cm³/mol. The largest absolute Gasteiger partial charge is 0.334 e. The first-order valence-electron chi connectivity index (χ1n) is 5.83. The van der Waals surface area contributed by atoms with Crippen molar-refractivity contribution in [1.29, 1.82) is 0 Å². The summed E-state index contributed by atoms with van der Waals surface area (Å²) in [7, 11) is 2.00. The maximum absolute atomic E-state index is 4.25. The minimum atomic E-state index is 0.606. The van der Waals surface area contributed by atoms with Gasteiger partial charge < -0.3 is 9.88 Å². The second kappa shape index (κ2) is 5.91. The Balaban J connectivity index is 2.64. The lowest BCUT2D eigenvalue weighted by Gasteiger charge is -2.16. The van der Waals surface area contributed by atoms with E-state index in [0.717, 1.165) is 13.1 Å². The molecule has 0 saturated heterocycles. The van der Waals surface area contributed by atoms with Crippen LogP contribution in [-0.4, -0.2) is 23.1 Å². The van der Waals surface area contributed by atoms with Gasteiger partial charge in [0.2, 0.25) is 0 Å². The molecule has 0 aromatic carbocycles. The van der Waals surface area contributed by atoms with Crippen LogP contribution in [-0.2, 0) is 6.54 Å². The molecular formula is C12H23N3. The van der Waals surface area contributed by atoms with Gasteiger partial charge in [0.05, 0.1) is 6.33 Å². The second-order valence-electron chi connectivity index (χ2n) is 4.44. The summed E-state index contributed by atoms with van der Waals surface area (Å²) < 4.78 is 2.29. The third-order valence-electron chi connectivity index (χ3n) is 2.92. The van der Waals surface area contributed by atoms with E-state index < -0.39 is 0 Å². The van der Waals surface area contributed by atoms with Gasteiger partial charge in [-0.1, -0.05) is 20.8 Å². The molecule has 0 aliphatic carbocycles. The molecule has 86 valence electrons. The lowest BCUT2D eigenvalue weighted by molar-refractivity contribution is 0.446. The summed E-state index contributed by atoms with van der Waals surface area (Å²) >= 11 is 0. The molecule has 1 aromatic heterocycles. The number of nitrogens with one attached hydrogen (secondary N) is 1. The predicted octanol–water partition coefficient (Wildman–Crippen LogP) is 2.25. The van der Waals surface area contributed by atoms with Crippen molar-refractivity contribution >= 4 is 0 Å². The first kappa shape index (κ1) is 12.2. The minimum Gasteiger partial charge on any atom is -0.334 e. The molecule has 0 saturated carbocycles. The van der Waals surface area contributed by atoms with Crippen LogP contribution in [0.2, 0.25) is 0 Å². The summed E-state index contributed by atoms with van der Waals surface area (Å²) in [4.78, 5) is 4.25. The molecule has 0 aliphatic heterocycles. The third-order valence-corrected chi connectivity index (χ3v) is 2.92. The van der Waals surface area contributed by atoms with Crippen LogP contribution in [0.3, 0.4) is 0 Å². The molecule has 0 radical (unpaired) electrons. The number of aromatic nitrogens is 2. The Labute approximate surface area is 92.9 Å². The second-order valence-corrected chi connectivity index (χ2v) is 4.44. The molecule has 2 unspecified atom stereocenters. The van der Waals surface area contributed by atoms with E-state index in [1.807, 2.05) is 19.6 Å². The minimum absolute atomic E-state index is 0.606. The zero-order chi connectivity index (χ0) is 11.3. The van der Waals surface area contributed by atoms with Gasteiger partial charge in [-0.25, -0.2) is 4.98 Å². The molecule has 0 aliphatic rings. The van der Waals surface area contributed by atoms with E-state index in [1.54, 1.807) is 0 Å². The van der Waals surface area contributed by atoms with E-state index in [9.17, 15) is 0 Å². The van der Waals surface area contributed by atoms with Crippen molar-refractivity contribution in [3.8, 4) is 0 Å². The topological polar surface area (TPSA) is 29.9 Å². The molecule has 1 rings (SSSR count). The first-order chi connectivity index (χ1) is 7.19. The quantitative estimate of drug-likeness (QED) is 0.779. The Morgan fingerprint density at radius 3 is 2.80 bits per heavy atom. The molecule has 0 fully saturated rings. The van der Waals surface area contributed by atoms with Gasteiger partial charge in [0, 0.05) is 18.4 Å². The third kappa shape index (κ3) is 3.34. The normalized spacial score (nSPS) is 15.2. The molecule has 0 amide bonds. The zero-order valence-electron chi connectivity index (χ0n) is 10.3. The highest BCUT2D eigenvalue weighted by atomic mass is 15.1.